The van der Waals surface area contributed by atoms with Gasteiger partial charge in [0.1, 0.15) is 12.4 Å². The molecule has 1 aromatic carbocycles. The van der Waals surface area contributed by atoms with E-state index < -0.39 is 0 Å². The SMILES string of the molecule is Cc1ccc(OCCN(C)C)c(C2=C(CN(C)C)CCC=C2)c1. The summed E-state index contributed by atoms with van der Waals surface area (Å²) in [6.45, 7) is 4.78. The molecule has 0 heterocycles. The fourth-order valence-corrected chi connectivity index (χ4v) is 2.86. The smallest absolute Gasteiger partial charge is 0.127 e. The molecule has 1 aliphatic rings. The van der Waals surface area contributed by atoms with Gasteiger partial charge in [-0.3, -0.25) is 0 Å². The molecule has 1 aliphatic carbocycles. The molecule has 23 heavy (non-hydrogen) atoms. The van der Waals surface area contributed by atoms with Gasteiger partial charge in [-0.05, 0) is 71.2 Å². The average Bonchev–Trinajstić information content (AvgIpc) is 2.48. The third kappa shape index (κ3) is 5.22. The molecule has 0 amide bonds. The van der Waals surface area contributed by atoms with Gasteiger partial charge in [-0.25, -0.2) is 0 Å². The molecule has 0 radical (unpaired) electrons. The van der Waals surface area contributed by atoms with Crippen LogP contribution in [0.15, 0.2) is 35.9 Å². The first kappa shape index (κ1) is 17.8. The van der Waals surface area contributed by atoms with E-state index in [1.54, 1.807) is 0 Å². The number of rotatable bonds is 7. The van der Waals surface area contributed by atoms with Crippen LogP contribution < -0.4 is 4.74 Å². The van der Waals surface area contributed by atoms with Crippen LogP contribution in [0.3, 0.4) is 0 Å². The summed E-state index contributed by atoms with van der Waals surface area (Å²) in [6.07, 6.45) is 6.82. The highest BCUT2D eigenvalue weighted by atomic mass is 16.5. The Morgan fingerprint density at radius 1 is 1.09 bits per heavy atom. The third-order valence-corrected chi connectivity index (χ3v) is 4.01. The summed E-state index contributed by atoms with van der Waals surface area (Å²) in [5, 5.41) is 0. The molecule has 2 rings (SSSR count). The molecule has 0 N–H and O–H groups in total. The van der Waals surface area contributed by atoms with Gasteiger partial charge in [0.15, 0.2) is 0 Å². The molecule has 0 fully saturated rings. The van der Waals surface area contributed by atoms with Gasteiger partial charge < -0.3 is 14.5 Å². The number of hydrogen-bond donors (Lipinski definition) is 0. The van der Waals surface area contributed by atoms with E-state index in [2.05, 4.69) is 75.3 Å². The van der Waals surface area contributed by atoms with Crippen LogP contribution in [0.25, 0.3) is 5.57 Å². The van der Waals surface area contributed by atoms with Crippen LogP contribution in [0.2, 0.25) is 0 Å². The monoisotopic (exact) mass is 314 g/mol. The van der Waals surface area contributed by atoms with Gasteiger partial charge in [0, 0.05) is 18.7 Å². The van der Waals surface area contributed by atoms with Crippen LogP contribution in [0.1, 0.15) is 24.0 Å². The van der Waals surface area contributed by atoms with Gasteiger partial charge >= 0.3 is 0 Å². The van der Waals surface area contributed by atoms with Crippen molar-refractivity contribution >= 4 is 5.57 Å². The fourth-order valence-electron chi connectivity index (χ4n) is 2.86. The number of ether oxygens (including phenoxy) is 1. The summed E-state index contributed by atoms with van der Waals surface area (Å²) in [5.41, 5.74) is 5.35. The van der Waals surface area contributed by atoms with Crippen molar-refractivity contribution in [2.45, 2.75) is 19.8 Å². The second-order valence-corrected chi connectivity index (χ2v) is 6.85. The molecule has 0 atom stereocenters. The summed E-state index contributed by atoms with van der Waals surface area (Å²) >= 11 is 0. The second kappa shape index (κ2) is 8.32. The lowest BCUT2D eigenvalue weighted by Crippen LogP contribution is -2.20. The summed E-state index contributed by atoms with van der Waals surface area (Å²) in [7, 11) is 8.41. The first-order valence-electron chi connectivity index (χ1n) is 8.39. The van der Waals surface area contributed by atoms with Crippen molar-refractivity contribution < 1.29 is 4.74 Å². The Labute approximate surface area is 141 Å². The molecule has 0 saturated heterocycles. The summed E-state index contributed by atoms with van der Waals surface area (Å²) in [6, 6.07) is 6.50. The van der Waals surface area contributed by atoms with Crippen molar-refractivity contribution in [2.24, 2.45) is 0 Å². The highest BCUT2D eigenvalue weighted by molar-refractivity contribution is 5.81. The maximum atomic E-state index is 6.09. The zero-order valence-corrected chi connectivity index (χ0v) is 15.2. The first-order chi connectivity index (χ1) is 11.0. The van der Waals surface area contributed by atoms with Crippen LogP contribution in [-0.2, 0) is 0 Å². The van der Waals surface area contributed by atoms with Crippen molar-refractivity contribution in [1.29, 1.82) is 0 Å². The Morgan fingerprint density at radius 2 is 1.87 bits per heavy atom. The summed E-state index contributed by atoms with van der Waals surface area (Å²) in [5.74, 6) is 0.996. The highest BCUT2D eigenvalue weighted by Crippen LogP contribution is 2.34. The van der Waals surface area contributed by atoms with Crippen molar-refractivity contribution in [3.8, 4) is 5.75 Å². The Bertz CT molecular complexity index is 585. The molecule has 0 saturated carbocycles. The van der Waals surface area contributed by atoms with Gasteiger partial charge in [0.25, 0.3) is 0 Å². The van der Waals surface area contributed by atoms with Crippen molar-refractivity contribution in [1.82, 2.24) is 9.80 Å². The van der Waals surface area contributed by atoms with E-state index >= 15 is 0 Å². The number of allylic oxidation sites excluding steroid dienone is 3. The average molecular weight is 314 g/mol. The molecular weight excluding hydrogens is 284 g/mol. The normalized spacial score (nSPS) is 14.9. The number of likely N-dealkylation sites (N-methyl/N-ethyl adjacent to an activating group) is 2. The minimum atomic E-state index is 0.711. The third-order valence-electron chi connectivity index (χ3n) is 4.01. The van der Waals surface area contributed by atoms with E-state index in [9.17, 15) is 0 Å². The summed E-state index contributed by atoms with van der Waals surface area (Å²) in [4.78, 5) is 4.39. The van der Waals surface area contributed by atoms with E-state index in [4.69, 9.17) is 4.74 Å². The van der Waals surface area contributed by atoms with E-state index in [1.807, 2.05) is 0 Å². The van der Waals surface area contributed by atoms with E-state index in [1.165, 1.54) is 22.3 Å². The maximum absolute atomic E-state index is 6.09. The van der Waals surface area contributed by atoms with Crippen LogP contribution in [0, 0.1) is 6.92 Å². The number of benzene rings is 1. The van der Waals surface area contributed by atoms with E-state index in [0.717, 1.165) is 31.7 Å². The molecule has 0 aromatic heterocycles. The summed E-state index contributed by atoms with van der Waals surface area (Å²) < 4.78 is 6.09. The lowest BCUT2D eigenvalue weighted by Gasteiger charge is -2.22. The lowest BCUT2D eigenvalue weighted by atomic mass is 9.90. The van der Waals surface area contributed by atoms with E-state index in [0.29, 0.717) is 6.61 Å². The zero-order valence-electron chi connectivity index (χ0n) is 15.2. The molecule has 126 valence electrons. The Balaban J connectivity index is 2.33. The predicted octanol–water partition coefficient (Wildman–Crippen LogP) is 3.60. The van der Waals surface area contributed by atoms with Crippen molar-refractivity contribution in [2.75, 3.05) is 47.9 Å². The van der Waals surface area contributed by atoms with E-state index in [-0.39, 0.29) is 0 Å². The standard InChI is InChI=1S/C20H30N2O/c1-16-10-11-20(23-13-12-21(2)3)19(14-16)18-9-7-6-8-17(18)15-22(4)5/h7,9-11,14H,6,8,12-13,15H2,1-5H3. The van der Waals surface area contributed by atoms with Crippen LogP contribution in [0.5, 0.6) is 5.75 Å². The van der Waals surface area contributed by atoms with Gasteiger partial charge in [0.2, 0.25) is 0 Å². The second-order valence-electron chi connectivity index (χ2n) is 6.85. The number of aryl methyl sites for hydroxylation is 1. The van der Waals surface area contributed by atoms with Crippen LogP contribution in [-0.4, -0.2) is 57.7 Å². The topological polar surface area (TPSA) is 15.7 Å². The zero-order chi connectivity index (χ0) is 16.8. The van der Waals surface area contributed by atoms with Gasteiger partial charge in [-0.15, -0.1) is 0 Å². The van der Waals surface area contributed by atoms with Crippen LogP contribution in [0.4, 0.5) is 0 Å². The minimum absolute atomic E-state index is 0.711. The Morgan fingerprint density at radius 3 is 2.57 bits per heavy atom. The largest absolute Gasteiger partial charge is 0.492 e. The van der Waals surface area contributed by atoms with Gasteiger partial charge in [-0.2, -0.15) is 0 Å². The lowest BCUT2D eigenvalue weighted by molar-refractivity contribution is 0.261. The molecule has 3 nitrogen and oxygen atoms in total. The molecule has 3 heteroatoms. The number of nitrogens with zero attached hydrogens (tertiary/aromatic N) is 2. The Hall–Kier alpha value is -1.58. The first-order valence-corrected chi connectivity index (χ1v) is 8.39. The quantitative estimate of drug-likeness (QED) is 0.765. The van der Waals surface area contributed by atoms with Crippen molar-refractivity contribution in [3.63, 3.8) is 0 Å². The molecule has 0 unspecified atom stereocenters. The molecule has 0 bridgehead atoms. The molecule has 0 spiro atoms. The van der Waals surface area contributed by atoms with Crippen LogP contribution >= 0.6 is 0 Å². The fraction of sp³-hybridized carbons (Fsp3) is 0.500. The van der Waals surface area contributed by atoms with Crippen molar-refractivity contribution in [3.05, 3.63) is 47.1 Å². The molecular formula is C20H30N2O. The minimum Gasteiger partial charge on any atom is -0.492 e. The maximum Gasteiger partial charge on any atom is 0.127 e. The van der Waals surface area contributed by atoms with Gasteiger partial charge in [0.05, 0.1) is 0 Å². The molecule has 0 aliphatic heterocycles. The Kier molecular flexibility index (Phi) is 6.43. The number of hydrogen-bond acceptors (Lipinski definition) is 3. The molecule has 1 aromatic rings. The van der Waals surface area contributed by atoms with Gasteiger partial charge in [-0.1, -0.05) is 23.8 Å². The predicted molar refractivity (Wildman–Crippen MR) is 99.1 cm³/mol. The highest BCUT2D eigenvalue weighted by Gasteiger charge is 2.15.